The maximum absolute atomic E-state index is 5.79. The molecule has 0 bridgehead atoms. The van der Waals surface area contributed by atoms with Gasteiger partial charge in [-0.1, -0.05) is 35.9 Å². The van der Waals surface area contributed by atoms with Gasteiger partial charge in [0.1, 0.15) is 18.5 Å². The number of hydrogen-bond donors (Lipinski definition) is 0. The number of aromatic nitrogens is 2. The summed E-state index contributed by atoms with van der Waals surface area (Å²) in [6.45, 7) is 3.39. The number of ether oxygens (including phenoxy) is 2. The van der Waals surface area contributed by atoms with Gasteiger partial charge in [-0.3, -0.25) is 0 Å². The van der Waals surface area contributed by atoms with Crippen LogP contribution in [0.1, 0.15) is 17.0 Å². The van der Waals surface area contributed by atoms with Gasteiger partial charge in [-0.05, 0) is 31.2 Å². The van der Waals surface area contributed by atoms with Gasteiger partial charge < -0.3 is 13.9 Å². The smallest absolute Gasteiger partial charge is 0.248 e. The molecule has 0 spiro atoms. The van der Waals surface area contributed by atoms with Crippen molar-refractivity contribution in [3.63, 3.8) is 0 Å². The fourth-order valence-corrected chi connectivity index (χ4v) is 2.37. The van der Waals surface area contributed by atoms with E-state index in [1.165, 1.54) is 5.56 Å². The normalized spacial score (nSPS) is 16.3. The molecule has 0 radical (unpaired) electrons. The monoisotopic (exact) mass is 334 g/mol. The zero-order chi connectivity index (χ0) is 17.1. The average molecular weight is 334 g/mol. The summed E-state index contributed by atoms with van der Waals surface area (Å²) in [5.74, 6) is 1.78. The first-order chi connectivity index (χ1) is 12.3. The van der Waals surface area contributed by atoms with Crippen LogP contribution in [0.15, 0.2) is 52.9 Å². The van der Waals surface area contributed by atoms with E-state index in [1.807, 2.05) is 61.5 Å². The predicted octanol–water partition coefficient (Wildman–Crippen LogP) is 3.99. The van der Waals surface area contributed by atoms with Crippen molar-refractivity contribution in [2.24, 2.45) is 0 Å². The van der Waals surface area contributed by atoms with E-state index in [0.29, 0.717) is 18.4 Å². The third-order valence-electron chi connectivity index (χ3n) is 3.89. The van der Waals surface area contributed by atoms with Crippen molar-refractivity contribution >= 4 is 12.2 Å². The number of epoxide rings is 1. The lowest BCUT2D eigenvalue weighted by Crippen LogP contribution is -2.04. The Labute approximate surface area is 145 Å². The highest BCUT2D eigenvalue weighted by Gasteiger charge is 2.23. The molecule has 0 saturated carbocycles. The van der Waals surface area contributed by atoms with Gasteiger partial charge in [-0.2, -0.15) is 0 Å². The molecule has 0 aliphatic carbocycles. The number of hydrogen-bond acceptors (Lipinski definition) is 5. The van der Waals surface area contributed by atoms with Crippen LogP contribution in [0, 0.1) is 6.92 Å². The van der Waals surface area contributed by atoms with Gasteiger partial charge in [-0.15, -0.1) is 10.2 Å². The Morgan fingerprint density at radius 2 is 1.88 bits per heavy atom. The van der Waals surface area contributed by atoms with Gasteiger partial charge in [0, 0.05) is 17.2 Å². The molecular formula is C20H18N2O3. The molecule has 1 aliphatic heterocycles. The summed E-state index contributed by atoms with van der Waals surface area (Å²) >= 11 is 0. The molecule has 1 aromatic heterocycles. The number of benzene rings is 2. The van der Waals surface area contributed by atoms with Crippen molar-refractivity contribution in [1.29, 1.82) is 0 Å². The highest BCUT2D eigenvalue weighted by molar-refractivity contribution is 5.70. The van der Waals surface area contributed by atoms with E-state index in [9.17, 15) is 0 Å². The van der Waals surface area contributed by atoms with Crippen LogP contribution in [0.3, 0.4) is 0 Å². The first-order valence-electron chi connectivity index (χ1n) is 8.20. The van der Waals surface area contributed by atoms with E-state index in [1.54, 1.807) is 6.08 Å². The Morgan fingerprint density at radius 1 is 1.08 bits per heavy atom. The van der Waals surface area contributed by atoms with Crippen molar-refractivity contribution < 1.29 is 13.9 Å². The summed E-state index contributed by atoms with van der Waals surface area (Å²) in [6, 6.07) is 15.8. The maximum atomic E-state index is 5.79. The van der Waals surface area contributed by atoms with E-state index >= 15 is 0 Å². The molecular weight excluding hydrogens is 316 g/mol. The molecule has 0 N–H and O–H groups in total. The average Bonchev–Trinajstić information content (AvgIpc) is 3.35. The first-order valence-corrected chi connectivity index (χ1v) is 8.20. The molecule has 2 aromatic carbocycles. The second kappa shape index (κ2) is 6.91. The van der Waals surface area contributed by atoms with Gasteiger partial charge in [0.15, 0.2) is 0 Å². The molecule has 5 nitrogen and oxygen atoms in total. The Morgan fingerprint density at radius 3 is 2.68 bits per heavy atom. The van der Waals surface area contributed by atoms with Crippen LogP contribution in [0.2, 0.25) is 0 Å². The van der Waals surface area contributed by atoms with Crippen LogP contribution in [0.25, 0.3) is 23.6 Å². The molecule has 0 amide bonds. The summed E-state index contributed by atoms with van der Waals surface area (Å²) in [5, 5.41) is 8.18. The minimum atomic E-state index is 0.227. The van der Waals surface area contributed by atoms with Gasteiger partial charge >= 0.3 is 0 Å². The van der Waals surface area contributed by atoms with Crippen LogP contribution in [-0.2, 0) is 4.74 Å². The maximum Gasteiger partial charge on any atom is 0.248 e. The Bertz CT molecular complexity index is 880. The highest BCUT2D eigenvalue weighted by atomic mass is 16.6. The second-order valence-electron chi connectivity index (χ2n) is 5.95. The van der Waals surface area contributed by atoms with Crippen LogP contribution < -0.4 is 4.74 Å². The summed E-state index contributed by atoms with van der Waals surface area (Å²) in [5.41, 5.74) is 3.06. The molecule has 5 heteroatoms. The van der Waals surface area contributed by atoms with Crippen molar-refractivity contribution in [3.8, 4) is 17.2 Å². The van der Waals surface area contributed by atoms with Gasteiger partial charge in [0.25, 0.3) is 0 Å². The summed E-state index contributed by atoms with van der Waals surface area (Å²) < 4.78 is 16.7. The van der Waals surface area contributed by atoms with Crippen molar-refractivity contribution in [2.45, 2.75) is 13.0 Å². The van der Waals surface area contributed by atoms with Gasteiger partial charge in [-0.25, -0.2) is 0 Å². The third kappa shape index (κ3) is 3.95. The third-order valence-corrected chi connectivity index (χ3v) is 3.89. The quantitative estimate of drug-likeness (QED) is 0.638. The highest BCUT2D eigenvalue weighted by Crippen LogP contribution is 2.23. The summed E-state index contributed by atoms with van der Waals surface area (Å²) in [4.78, 5) is 0. The first kappa shape index (κ1) is 15.6. The fraction of sp³-hybridized carbons (Fsp3) is 0.200. The number of aryl methyl sites for hydroxylation is 1. The van der Waals surface area contributed by atoms with Gasteiger partial charge in [0.2, 0.25) is 11.8 Å². The molecule has 1 atom stereocenters. The van der Waals surface area contributed by atoms with E-state index in [-0.39, 0.29) is 6.10 Å². The zero-order valence-electron chi connectivity index (χ0n) is 13.9. The molecule has 1 saturated heterocycles. The van der Waals surface area contributed by atoms with Crippen LogP contribution in [-0.4, -0.2) is 29.5 Å². The lowest BCUT2D eigenvalue weighted by atomic mass is 10.1. The minimum absolute atomic E-state index is 0.227. The van der Waals surface area contributed by atoms with Gasteiger partial charge in [0.05, 0.1) is 6.61 Å². The number of rotatable bonds is 6. The van der Waals surface area contributed by atoms with Crippen molar-refractivity contribution in [2.75, 3.05) is 13.2 Å². The van der Waals surface area contributed by atoms with Crippen LogP contribution >= 0.6 is 0 Å². The van der Waals surface area contributed by atoms with Crippen molar-refractivity contribution in [3.05, 3.63) is 65.5 Å². The lowest BCUT2D eigenvalue weighted by molar-refractivity contribution is 0.262. The molecule has 2 heterocycles. The number of nitrogens with zero attached hydrogens (tertiary/aromatic N) is 2. The number of para-hydroxylation sites is 1. The largest absolute Gasteiger partial charge is 0.490 e. The Kier molecular flexibility index (Phi) is 4.31. The van der Waals surface area contributed by atoms with E-state index in [0.717, 1.165) is 23.5 Å². The van der Waals surface area contributed by atoms with Crippen molar-refractivity contribution in [1.82, 2.24) is 10.2 Å². The molecule has 1 fully saturated rings. The summed E-state index contributed by atoms with van der Waals surface area (Å²) in [6.07, 6.45) is 3.93. The second-order valence-corrected chi connectivity index (χ2v) is 5.95. The lowest BCUT2D eigenvalue weighted by Gasteiger charge is -2.07. The Hall–Kier alpha value is -2.92. The molecule has 1 unspecified atom stereocenters. The molecule has 3 aromatic rings. The topological polar surface area (TPSA) is 60.7 Å². The van der Waals surface area contributed by atoms with E-state index in [4.69, 9.17) is 13.9 Å². The minimum Gasteiger partial charge on any atom is -0.490 e. The van der Waals surface area contributed by atoms with E-state index in [2.05, 4.69) is 10.2 Å². The Balaban J connectivity index is 1.49. The van der Waals surface area contributed by atoms with Crippen LogP contribution in [0.4, 0.5) is 0 Å². The molecule has 4 rings (SSSR count). The SMILES string of the molecule is Cc1ccc(-c2nnc(C=Cc3ccccc3OCC3CO3)o2)cc1. The zero-order valence-corrected chi connectivity index (χ0v) is 13.9. The predicted molar refractivity (Wildman–Crippen MR) is 95.1 cm³/mol. The molecule has 25 heavy (non-hydrogen) atoms. The molecule has 126 valence electrons. The summed E-state index contributed by atoms with van der Waals surface area (Å²) in [7, 11) is 0. The standard InChI is InChI=1S/C20H18N2O3/c1-14-6-8-16(9-7-14)20-22-21-19(25-20)11-10-15-4-2-3-5-18(15)24-13-17-12-23-17/h2-11,17H,12-13H2,1H3. The fourth-order valence-electron chi connectivity index (χ4n) is 2.37. The molecule has 1 aliphatic rings. The van der Waals surface area contributed by atoms with Crippen LogP contribution in [0.5, 0.6) is 5.75 Å². The van der Waals surface area contributed by atoms with E-state index < -0.39 is 0 Å².